The largest absolute Gasteiger partial charge is 0.508 e. The van der Waals surface area contributed by atoms with Gasteiger partial charge in [0.25, 0.3) is 0 Å². The molecule has 0 aliphatic carbocycles. The van der Waals surface area contributed by atoms with Crippen LogP contribution in [0.5, 0.6) is 11.5 Å². The minimum atomic E-state index is 0.295. The highest BCUT2D eigenvalue weighted by Gasteiger charge is 2.00. The van der Waals surface area contributed by atoms with Gasteiger partial charge in [-0.2, -0.15) is 0 Å². The summed E-state index contributed by atoms with van der Waals surface area (Å²) in [6.07, 6.45) is 18.6. The second-order valence-electron chi connectivity index (χ2n) is 6.31. The van der Waals surface area contributed by atoms with Crippen LogP contribution in [-0.2, 0) is 6.42 Å². The summed E-state index contributed by atoms with van der Waals surface area (Å²) in [6, 6.07) is 5.50. The molecule has 0 bridgehead atoms. The van der Waals surface area contributed by atoms with Crippen LogP contribution < -0.4 is 4.74 Å². The monoisotopic (exact) mass is 318 g/mol. The Labute approximate surface area is 142 Å². The summed E-state index contributed by atoms with van der Waals surface area (Å²) in [6.45, 7) is 2.26. The molecule has 0 radical (unpaired) electrons. The molecule has 2 heteroatoms. The fourth-order valence-corrected chi connectivity index (χ4v) is 2.78. The van der Waals surface area contributed by atoms with Crippen molar-refractivity contribution < 1.29 is 9.84 Å². The topological polar surface area (TPSA) is 29.5 Å². The zero-order chi connectivity index (χ0) is 16.8. The third kappa shape index (κ3) is 10.0. The average molecular weight is 319 g/mol. The summed E-state index contributed by atoms with van der Waals surface area (Å²) >= 11 is 0. The van der Waals surface area contributed by atoms with Crippen molar-refractivity contribution in [3.63, 3.8) is 0 Å². The first-order chi connectivity index (χ1) is 11.3. The summed E-state index contributed by atoms with van der Waals surface area (Å²) in [7, 11) is 1.63. The van der Waals surface area contributed by atoms with E-state index in [0.29, 0.717) is 5.75 Å². The molecule has 1 N–H and O–H groups in total. The molecule has 1 aromatic rings. The first-order valence-corrected chi connectivity index (χ1v) is 9.28. The Bertz CT molecular complexity index is 437. The van der Waals surface area contributed by atoms with E-state index in [1.807, 2.05) is 12.1 Å². The van der Waals surface area contributed by atoms with E-state index in [9.17, 15) is 5.11 Å². The molecule has 2 nitrogen and oxygen atoms in total. The Morgan fingerprint density at radius 1 is 0.870 bits per heavy atom. The number of phenols is 1. The van der Waals surface area contributed by atoms with Crippen LogP contribution in [0.3, 0.4) is 0 Å². The number of ether oxygens (including phenoxy) is 1. The van der Waals surface area contributed by atoms with Crippen LogP contribution in [0.25, 0.3) is 0 Å². The first kappa shape index (κ1) is 19.6. The number of hydrogen-bond donors (Lipinski definition) is 1. The summed E-state index contributed by atoms with van der Waals surface area (Å²) in [5, 5.41) is 9.63. The third-order valence-corrected chi connectivity index (χ3v) is 4.16. The Morgan fingerprint density at radius 2 is 1.52 bits per heavy atom. The zero-order valence-electron chi connectivity index (χ0n) is 15.0. The Morgan fingerprint density at radius 3 is 2.17 bits per heavy atom. The number of phenolic OH excluding ortho intramolecular Hbond substituents is 1. The molecule has 0 heterocycles. The van der Waals surface area contributed by atoms with Crippen molar-refractivity contribution >= 4 is 0 Å². The van der Waals surface area contributed by atoms with Crippen LogP contribution in [0.4, 0.5) is 0 Å². The molecule has 1 rings (SSSR count). The van der Waals surface area contributed by atoms with Gasteiger partial charge in [-0.1, -0.05) is 51.2 Å². The minimum absolute atomic E-state index is 0.295. The molecule has 0 aromatic heterocycles. The Balaban J connectivity index is 2.01. The summed E-state index contributed by atoms with van der Waals surface area (Å²) in [5.74, 6) is 1.03. The van der Waals surface area contributed by atoms with Crippen LogP contribution in [-0.4, -0.2) is 12.2 Å². The summed E-state index contributed by atoms with van der Waals surface area (Å²) in [4.78, 5) is 0. The van der Waals surface area contributed by atoms with Crippen molar-refractivity contribution in [1.29, 1.82) is 0 Å². The van der Waals surface area contributed by atoms with Crippen molar-refractivity contribution in [2.24, 2.45) is 0 Å². The van der Waals surface area contributed by atoms with Crippen molar-refractivity contribution in [1.82, 2.24) is 0 Å². The molecule has 23 heavy (non-hydrogen) atoms. The second-order valence-corrected chi connectivity index (χ2v) is 6.31. The molecule has 130 valence electrons. The number of rotatable bonds is 13. The number of aryl methyl sites for hydroxylation is 1. The maximum absolute atomic E-state index is 9.63. The number of benzene rings is 1. The lowest BCUT2D eigenvalue weighted by molar-refractivity contribution is 0.406. The van der Waals surface area contributed by atoms with Gasteiger partial charge in [-0.05, 0) is 56.2 Å². The van der Waals surface area contributed by atoms with Crippen molar-refractivity contribution in [2.45, 2.75) is 77.6 Å². The molecule has 0 spiro atoms. The van der Waals surface area contributed by atoms with Gasteiger partial charge < -0.3 is 9.84 Å². The molecule has 1 aromatic carbocycles. The fraction of sp³-hybridized carbons (Fsp3) is 0.619. The van der Waals surface area contributed by atoms with E-state index in [1.54, 1.807) is 13.2 Å². The molecular weight excluding hydrogens is 284 g/mol. The lowest BCUT2D eigenvalue weighted by Gasteiger charge is -2.06. The van der Waals surface area contributed by atoms with Crippen LogP contribution in [0.1, 0.15) is 76.7 Å². The molecule has 0 aliphatic rings. The van der Waals surface area contributed by atoms with Crippen LogP contribution in [0.2, 0.25) is 0 Å². The van der Waals surface area contributed by atoms with Gasteiger partial charge in [-0.15, -0.1) is 0 Å². The number of allylic oxidation sites excluding steroid dienone is 2. The average Bonchev–Trinajstić information content (AvgIpc) is 2.55. The molecule has 0 atom stereocenters. The van der Waals surface area contributed by atoms with E-state index in [4.69, 9.17) is 4.74 Å². The lowest BCUT2D eigenvalue weighted by atomic mass is 10.0. The molecular formula is C21H34O2. The van der Waals surface area contributed by atoms with Crippen molar-refractivity contribution in [2.75, 3.05) is 7.11 Å². The third-order valence-electron chi connectivity index (χ3n) is 4.16. The normalized spacial score (nSPS) is 11.2. The number of methoxy groups -OCH3 is 1. The van der Waals surface area contributed by atoms with E-state index < -0.39 is 0 Å². The molecule has 0 amide bonds. The summed E-state index contributed by atoms with van der Waals surface area (Å²) in [5.41, 5.74) is 1.16. The lowest BCUT2D eigenvalue weighted by Crippen LogP contribution is -1.89. The Kier molecular flexibility index (Phi) is 11.1. The van der Waals surface area contributed by atoms with E-state index in [0.717, 1.165) is 17.7 Å². The van der Waals surface area contributed by atoms with Gasteiger partial charge in [-0.25, -0.2) is 0 Å². The maximum Gasteiger partial charge on any atom is 0.122 e. The van der Waals surface area contributed by atoms with E-state index in [-0.39, 0.29) is 0 Å². The van der Waals surface area contributed by atoms with E-state index >= 15 is 0 Å². The first-order valence-electron chi connectivity index (χ1n) is 9.28. The molecule has 0 aliphatic heterocycles. The SMILES string of the molecule is CCCCCC/C=C\CCCCCCc1cc(O)cc(OC)c1. The van der Waals surface area contributed by atoms with Crippen LogP contribution >= 0.6 is 0 Å². The van der Waals surface area contributed by atoms with Gasteiger partial charge in [0.15, 0.2) is 0 Å². The number of unbranched alkanes of at least 4 members (excludes halogenated alkanes) is 8. The predicted octanol–water partition coefficient (Wildman–Crippen LogP) is 6.42. The van der Waals surface area contributed by atoms with Gasteiger partial charge in [0.1, 0.15) is 11.5 Å². The highest BCUT2D eigenvalue weighted by atomic mass is 16.5. The standard InChI is InChI=1S/C21H34O2/c1-3-4-5-6-7-8-9-10-11-12-13-14-15-19-16-20(22)18-21(17-19)23-2/h8-9,16-18,22H,3-7,10-15H2,1-2H3/b9-8-. The fourth-order valence-electron chi connectivity index (χ4n) is 2.78. The summed E-state index contributed by atoms with van der Waals surface area (Å²) < 4.78 is 5.18. The molecule has 0 fully saturated rings. The quantitative estimate of drug-likeness (QED) is 0.336. The van der Waals surface area contributed by atoms with Crippen LogP contribution in [0.15, 0.2) is 30.4 Å². The maximum atomic E-state index is 9.63. The predicted molar refractivity (Wildman–Crippen MR) is 99.3 cm³/mol. The molecule has 0 saturated heterocycles. The van der Waals surface area contributed by atoms with Gasteiger partial charge in [0.2, 0.25) is 0 Å². The number of aromatic hydroxyl groups is 1. The highest BCUT2D eigenvalue weighted by molar-refractivity contribution is 5.37. The van der Waals surface area contributed by atoms with Crippen molar-refractivity contribution in [3.05, 3.63) is 35.9 Å². The molecule has 0 unspecified atom stereocenters. The van der Waals surface area contributed by atoms with E-state index in [2.05, 4.69) is 19.1 Å². The van der Waals surface area contributed by atoms with E-state index in [1.165, 1.54) is 64.2 Å². The smallest absolute Gasteiger partial charge is 0.122 e. The van der Waals surface area contributed by atoms with Gasteiger partial charge in [0, 0.05) is 6.07 Å². The number of hydrogen-bond acceptors (Lipinski definition) is 2. The Hall–Kier alpha value is -1.44. The highest BCUT2D eigenvalue weighted by Crippen LogP contribution is 2.22. The zero-order valence-corrected chi connectivity index (χ0v) is 15.0. The van der Waals surface area contributed by atoms with Crippen molar-refractivity contribution in [3.8, 4) is 11.5 Å². The van der Waals surface area contributed by atoms with Crippen LogP contribution in [0, 0.1) is 0 Å². The molecule has 0 saturated carbocycles. The second kappa shape index (κ2) is 13.0. The minimum Gasteiger partial charge on any atom is -0.508 e. The van der Waals surface area contributed by atoms with Gasteiger partial charge in [0.05, 0.1) is 7.11 Å². The van der Waals surface area contributed by atoms with Gasteiger partial charge in [-0.3, -0.25) is 0 Å². The van der Waals surface area contributed by atoms with Gasteiger partial charge >= 0.3 is 0 Å².